The highest BCUT2D eigenvalue weighted by molar-refractivity contribution is 5.88. The van der Waals surface area contributed by atoms with Gasteiger partial charge >= 0.3 is 49.0 Å². The van der Waals surface area contributed by atoms with Crippen molar-refractivity contribution in [3.8, 4) is 0 Å². The second-order valence-corrected chi connectivity index (χ2v) is 13.2. The summed E-state index contributed by atoms with van der Waals surface area (Å²) in [6, 6.07) is 0. The maximum Gasteiger partial charge on any atom is 0.426 e. The number of hydrogen-bond acceptors (Lipinski definition) is 7. The standard InChI is InChI=1S/C29H30F18O7/c1-11(2)19(48)54-18-5-4-13(7-17(18)23(52,28(42,43)44)29(45,46)47)6-12(3)20(49)53-16-9-14(21(50,24(30,31)32)25(33,34)35)8-15(10-16)22(51,26(36,37)38)27(39,40)41/h13-18,50-52H,1,3-10H2,2H3. The number of carbonyl (C=O) groups excluding carboxylic acids is 2. The van der Waals surface area contributed by atoms with E-state index < -0.39 is 158 Å². The van der Waals surface area contributed by atoms with E-state index in [0.717, 1.165) is 6.92 Å². The first-order valence-corrected chi connectivity index (χ1v) is 15.1. The largest absolute Gasteiger partial charge is 0.459 e. The van der Waals surface area contributed by atoms with Crippen molar-refractivity contribution in [1.29, 1.82) is 0 Å². The van der Waals surface area contributed by atoms with Crippen LogP contribution in [0.3, 0.4) is 0 Å². The van der Waals surface area contributed by atoms with Gasteiger partial charge in [0.1, 0.15) is 12.2 Å². The third-order valence-corrected chi connectivity index (χ3v) is 9.57. The van der Waals surface area contributed by atoms with E-state index in [1.165, 1.54) is 0 Å². The fraction of sp³-hybridized carbons (Fsp3) is 0.793. The van der Waals surface area contributed by atoms with Gasteiger partial charge in [0.25, 0.3) is 16.8 Å². The van der Waals surface area contributed by atoms with Gasteiger partial charge in [-0.15, -0.1) is 0 Å². The highest BCUT2D eigenvalue weighted by Crippen LogP contribution is 2.58. The molecule has 0 amide bonds. The van der Waals surface area contributed by atoms with Gasteiger partial charge in [-0.05, 0) is 57.8 Å². The third-order valence-electron chi connectivity index (χ3n) is 9.57. The molecule has 2 rings (SSSR count). The lowest BCUT2D eigenvalue weighted by Gasteiger charge is -2.48. The van der Waals surface area contributed by atoms with Gasteiger partial charge in [-0.1, -0.05) is 13.2 Å². The van der Waals surface area contributed by atoms with Crippen molar-refractivity contribution in [3.05, 3.63) is 24.3 Å². The van der Waals surface area contributed by atoms with Crippen LogP contribution in [0.25, 0.3) is 0 Å². The molecule has 54 heavy (non-hydrogen) atoms. The Morgan fingerprint density at radius 3 is 1.26 bits per heavy atom. The first kappa shape index (κ1) is 47.2. The SMILES string of the molecule is C=C(C)C(=O)OC1CCC(CC(=C)C(=O)OC2CC(C(O)(C(F)(F)F)C(F)(F)F)CC(C(O)(C(F)(F)F)C(F)(F)F)C2)CC1C(O)(C(F)(F)F)C(F)(F)F. The Balaban J connectivity index is 2.51. The molecule has 0 spiro atoms. The Hall–Kier alpha value is -2.96. The molecular formula is C29H30F18O7. The molecule has 0 aromatic rings. The molecule has 314 valence electrons. The average molecular weight is 833 g/mol. The number of carbonyl (C=O) groups is 2. The second-order valence-electron chi connectivity index (χ2n) is 13.2. The molecule has 0 bridgehead atoms. The number of halogens is 18. The lowest BCUT2D eigenvalue weighted by Crippen LogP contribution is -2.67. The lowest BCUT2D eigenvalue weighted by molar-refractivity contribution is -0.405. The first-order chi connectivity index (χ1) is 23.8. The van der Waals surface area contributed by atoms with Crippen LogP contribution in [0, 0.1) is 23.7 Å². The molecule has 2 aliphatic carbocycles. The van der Waals surface area contributed by atoms with E-state index in [9.17, 15) is 104 Å². The van der Waals surface area contributed by atoms with Crippen molar-refractivity contribution in [2.45, 2.75) is 118 Å². The Labute approximate surface area is 291 Å². The zero-order valence-electron chi connectivity index (χ0n) is 27.1. The maximum absolute atomic E-state index is 13.8. The zero-order chi connectivity index (χ0) is 42.6. The van der Waals surface area contributed by atoms with Crippen LogP contribution in [0.1, 0.15) is 51.9 Å². The van der Waals surface area contributed by atoms with Gasteiger partial charge < -0.3 is 24.8 Å². The molecule has 5 atom stereocenters. The molecule has 2 fully saturated rings. The highest BCUT2D eigenvalue weighted by atomic mass is 19.4. The predicted octanol–water partition coefficient (Wildman–Crippen LogP) is 7.73. The van der Waals surface area contributed by atoms with Crippen molar-refractivity contribution in [1.82, 2.24) is 0 Å². The molecule has 0 saturated heterocycles. The van der Waals surface area contributed by atoms with E-state index >= 15 is 0 Å². The monoisotopic (exact) mass is 832 g/mol. The highest BCUT2D eigenvalue weighted by Gasteiger charge is 2.79. The number of hydrogen-bond donors (Lipinski definition) is 3. The summed E-state index contributed by atoms with van der Waals surface area (Å²) in [5.74, 6) is -15.6. The first-order valence-electron chi connectivity index (χ1n) is 15.1. The Kier molecular flexibility index (Phi) is 13.0. The van der Waals surface area contributed by atoms with Gasteiger partial charge in [-0.25, -0.2) is 9.59 Å². The van der Waals surface area contributed by atoms with Crippen molar-refractivity contribution in [2.24, 2.45) is 23.7 Å². The van der Waals surface area contributed by atoms with Gasteiger partial charge in [0.05, 0.1) is 0 Å². The predicted molar refractivity (Wildman–Crippen MR) is 141 cm³/mol. The molecule has 0 aromatic heterocycles. The number of ether oxygens (including phenoxy) is 2. The Morgan fingerprint density at radius 1 is 0.556 bits per heavy atom. The van der Waals surface area contributed by atoms with E-state index in [1.54, 1.807) is 0 Å². The summed E-state index contributed by atoms with van der Waals surface area (Å²) >= 11 is 0. The minimum Gasteiger partial charge on any atom is -0.459 e. The maximum atomic E-state index is 13.8. The van der Waals surface area contributed by atoms with Crippen LogP contribution in [0.15, 0.2) is 24.3 Å². The summed E-state index contributed by atoms with van der Waals surface area (Å²) in [6.45, 7) is 7.17. The van der Waals surface area contributed by atoms with E-state index in [2.05, 4.69) is 17.9 Å². The van der Waals surface area contributed by atoms with Crippen molar-refractivity contribution >= 4 is 11.9 Å². The van der Waals surface area contributed by atoms with E-state index in [1.807, 2.05) is 0 Å². The van der Waals surface area contributed by atoms with E-state index in [0.29, 0.717) is 0 Å². The summed E-state index contributed by atoms with van der Waals surface area (Å²) in [5, 5.41) is 29.7. The van der Waals surface area contributed by atoms with Gasteiger partial charge in [-0.2, -0.15) is 79.0 Å². The van der Waals surface area contributed by atoms with Crippen molar-refractivity contribution in [2.75, 3.05) is 0 Å². The van der Waals surface area contributed by atoms with E-state index in [-0.39, 0.29) is 0 Å². The van der Waals surface area contributed by atoms with Crippen molar-refractivity contribution < 1.29 is 113 Å². The molecule has 5 unspecified atom stereocenters. The Bertz CT molecular complexity index is 1320. The van der Waals surface area contributed by atoms with Gasteiger partial charge in [0.2, 0.25) is 0 Å². The molecule has 7 nitrogen and oxygen atoms in total. The van der Waals surface area contributed by atoms with E-state index in [4.69, 9.17) is 4.74 Å². The van der Waals surface area contributed by atoms with Gasteiger partial charge in [0, 0.05) is 28.9 Å². The van der Waals surface area contributed by atoms with Crippen LogP contribution in [0.2, 0.25) is 0 Å². The summed E-state index contributed by atoms with van der Waals surface area (Å²) in [6.07, 6.45) is -55.7. The fourth-order valence-corrected chi connectivity index (χ4v) is 6.77. The summed E-state index contributed by atoms with van der Waals surface area (Å²) < 4.78 is 256. The summed E-state index contributed by atoms with van der Waals surface area (Å²) in [4.78, 5) is 24.8. The lowest BCUT2D eigenvalue weighted by atomic mass is 9.65. The fourth-order valence-electron chi connectivity index (χ4n) is 6.77. The normalized spacial score (nSPS) is 25.9. The quantitative estimate of drug-likeness (QED) is 0.124. The number of esters is 2. The second kappa shape index (κ2) is 14.8. The molecular weight excluding hydrogens is 802 g/mol. The molecule has 0 aliphatic heterocycles. The smallest absolute Gasteiger partial charge is 0.426 e. The van der Waals surface area contributed by atoms with Crippen LogP contribution < -0.4 is 0 Å². The Morgan fingerprint density at radius 2 is 0.926 bits per heavy atom. The minimum atomic E-state index is -6.84. The van der Waals surface area contributed by atoms with Gasteiger partial charge in [-0.3, -0.25) is 0 Å². The third kappa shape index (κ3) is 8.70. The molecule has 2 aliphatic rings. The van der Waals surface area contributed by atoms with Crippen LogP contribution in [0.5, 0.6) is 0 Å². The van der Waals surface area contributed by atoms with Gasteiger partial charge in [0.15, 0.2) is 0 Å². The summed E-state index contributed by atoms with van der Waals surface area (Å²) in [5.41, 5.74) is -19.2. The zero-order valence-corrected chi connectivity index (χ0v) is 27.1. The van der Waals surface area contributed by atoms with Crippen LogP contribution in [0.4, 0.5) is 79.0 Å². The molecule has 2 saturated carbocycles. The molecule has 3 N–H and O–H groups in total. The number of rotatable bonds is 9. The van der Waals surface area contributed by atoms with Crippen LogP contribution in [-0.4, -0.2) is 93.3 Å². The molecule has 0 aromatic carbocycles. The van der Waals surface area contributed by atoms with Crippen molar-refractivity contribution in [3.63, 3.8) is 0 Å². The number of alkyl halides is 18. The average Bonchev–Trinajstić information content (AvgIpc) is 2.96. The van der Waals surface area contributed by atoms with Crippen LogP contribution in [-0.2, 0) is 19.1 Å². The topological polar surface area (TPSA) is 113 Å². The summed E-state index contributed by atoms with van der Waals surface area (Å²) in [7, 11) is 0. The minimum absolute atomic E-state index is 0.491. The molecule has 25 heteroatoms. The number of aliphatic hydroxyl groups is 3. The molecule has 0 radical (unpaired) electrons. The van der Waals surface area contributed by atoms with Crippen LogP contribution >= 0.6 is 0 Å². The molecule has 0 heterocycles.